The number of nitrogens with zero attached hydrogens (tertiary/aromatic N) is 2. The zero-order valence-electron chi connectivity index (χ0n) is 10.9. The Morgan fingerprint density at radius 1 is 1.21 bits per heavy atom. The van der Waals surface area contributed by atoms with Crippen molar-refractivity contribution < 1.29 is 4.42 Å². The number of alkyl halides is 1. The van der Waals surface area contributed by atoms with E-state index in [0.29, 0.717) is 17.7 Å². The van der Waals surface area contributed by atoms with Gasteiger partial charge in [-0.15, -0.1) is 21.8 Å². The lowest BCUT2D eigenvalue weighted by Gasteiger charge is -2.09. The minimum absolute atomic E-state index is 0.362. The highest BCUT2D eigenvalue weighted by molar-refractivity contribution is 6.22. The van der Waals surface area contributed by atoms with Crippen molar-refractivity contribution in [2.45, 2.75) is 37.5 Å². The van der Waals surface area contributed by atoms with Crippen molar-refractivity contribution in [1.29, 1.82) is 0 Å². The van der Waals surface area contributed by atoms with Crippen molar-refractivity contribution >= 4 is 11.6 Å². The molecule has 4 heteroatoms. The first-order valence-corrected chi connectivity index (χ1v) is 7.21. The van der Waals surface area contributed by atoms with Gasteiger partial charge in [-0.1, -0.05) is 43.7 Å². The van der Waals surface area contributed by atoms with Crippen LogP contribution in [0.2, 0.25) is 0 Å². The topological polar surface area (TPSA) is 38.9 Å². The average molecular weight is 277 g/mol. The van der Waals surface area contributed by atoms with Crippen molar-refractivity contribution in [3.8, 4) is 0 Å². The van der Waals surface area contributed by atoms with Crippen LogP contribution >= 0.6 is 11.6 Å². The molecule has 1 aromatic heterocycles. The van der Waals surface area contributed by atoms with E-state index in [4.69, 9.17) is 16.0 Å². The predicted molar refractivity (Wildman–Crippen MR) is 74.2 cm³/mol. The third kappa shape index (κ3) is 2.52. The van der Waals surface area contributed by atoms with Gasteiger partial charge in [0.1, 0.15) is 5.38 Å². The number of benzene rings is 1. The van der Waals surface area contributed by atoms with E-state index in [2.05, 4.69) is 17.1 Å². The monoisotopic (exact) mass is 276 g/mol. The van der Waals surface area contributed by atoms with Crippen LogP contribution in [0.5, 0.6) is 0 Å². The summed E-state index contributed by atoms with van der Waals surface area (Å²) in [7, 11) is 0. The summed E-state index contributed by atoms with van der Waals surface area (Å²) in [5.41, 5.74) is 0.985. The van der Waals surface area contributed by atoms with E-state index in [1.54, 1.807) is 0 Å². The van der Waals surface area contributed by atoms with Crippen LogP contribution in [-0.2, 0) is 0 Å². The number of halogens is 1. The maximum atomic E-state index is 6.39. The van der Waals surface area contributed by atoms with Gasteiger partial charge in [0.25, 0.3) is 0 Å². The molecule has 19 heavy (non-hydrogen) atoms. The number of hydrogen-bond donors (Lipinski definition) is 0. The lowest BCUT2D eigenvalue weighted by molar-refractivity contribution is 0.382. The third-order valence-corrected chi connectivity index (χ3v) is 4.38. The summed E-state index contributed by atoms with van der Waals surface area (Å²) < 4.78 is 5.80. The molecule has 1 heterocycles. The minimum Gasteiger partial charge on any atom is -0.423 e. The molecule has 0 amide bonds. The van der Waals surface area contributed by atoms with Crippen LogP contribution in [-0.4, -0.2) is 10.2 Å². The van der Waals surface area contributed by atoms with E-state index < -0.39 is 0 Å². The lowest BCUT2D eigenvalue weighted by atomic mass is 9.98. The van der Waals surface area contributed by atoms with E-state index in [9.17, 15) is 0 Å². The molecule has 0 radical (unpaired) electrons. The van der Waals surface area contributed by atoms with Gasteiger partial charge in [-0.3, -0.25) is 0 Å². The van der Waals surface area contributed by atoms with Crippen molar-refractivity contribution in [3.63, 3.8) is 0 Å². The van der Waals surface area contributed by atoms with Crippen LogP contribution in [0, 0.1) is 5.92 Å². The molecule has 3 atom stereocenters. The fourth-order valence-corrected chi connectivity index (χ4v) is 3.01. The van der Waals surface area contributed by atoms with Crippen molar-refractivity contribution in [1.82, 2.24) is 10.2 Å². The molecular formula is C15H17ClN2O. The fourth-order valence-electron chi connectivity index (χ4n) is 2.78. The SMILES string of the molecule is CC1CCCC1c1nnc(C(Cl)c2ccccc2)o1. The summed E-state index contributed by atoms with van der Waals surface area (Å²) in [6.07, 6.45) is 3.62. The van der Waals surface area contributed by atoms with Crippen molar-refractivity contribution in [2.24, 2.45) is 5.92 Å². The smallest absolute Gasteiger partial charge is 0.238 e. The first kappa shape index (κ1) is 12.7. The average Bonchev–Trinajstić information content (AvgIpc) is 3.07. The lowest BCUT2D eigenvalue weighted by Crippen LogP contribution is -2.02. The van der Waals surface area contributed by atoms with Crippen LogP contribution in [0.1, 0.15) is 54.8 Å². The Hall–Kier alpha value is -1.35. The summed E-state index contributed by atoms with van der Waals surface area (Å²) in [4.78, 5) is 0. The first-order valence-electron chi connectivity index (χ1n) is 6.78. The molecular weight excluding hydrogens is 260 g/mol. The Bertz CT molecular complexity index is 540. The van der Waals surface area contributed by atoms with E-state index >= 15 is 0 Å². The Balaban J connectivity index is 1.81. The van der Waals surface area contributed by atoms with Crippen LogP contribution in [0.15, 0.2) is 34.7 Å². The number of aromatic nitrogens is 2. The van der Waals surface area contributed by atoms with Gasteiger partial charge in [0.05, 0.1) is 0 Å². The van der Waals surface area contributed by atoms with Gasteiger partial charge in [0.2, 0.25) is 11.8 Å². The van der Waals surface area contributed by atoms with E-state index in [1.165, 1.54) is 12.8 Å². The van der Waals surface area contributed by atoms with Crippen LogP contribution in [0.25, 0.3) is 0 Å². The molecule has 3 rings (SSSR count). The van der Waals surface area contributed by atoms with Crippen molar-refractivity contribution in [2.75, 3.05) is 0 Å². The highest BCUT2D eigenvalue weighted by Crippen LogP contribution is 2.39. The second kappa shape index (κ2) is 5.33. The predicted octanol–water partition coefficient (Wildman–Crippen LogP) is 4.30. The van der Waals surface area contributed by atoms with Gasteiger partial charge in [-0.25, -0.2) is 0 Å². The Kier molecular flexibility index (Phi) is 3.56. The molecule has 1 saturated carbocycles. The molecule has 0 saturated heterocycles. The first-order chi connectivity index (χ1) is 9.25. The molecule has 100 valence electrons. The molecule has 1 fully saturated rings. The summed E-state index contributed by atoms with van der Waals surface area (Å²) in [5.74, 6) is 2.28. The molecule has 1 aliphatic carbocycles. The summed E-state index contributed by atoms with van der Waals surface area (Å²) in [6.45, 7) is 2.25. The maximum Gasteiger partial charge on any atom is 0.238 e. The molecule has 0 bridgehead atoms. The maximum absolute atomic E-state index is 6.39. The molecule has 3 unspecified atom stereocenters. The second-order valence-corrected chi connectivity index (χ2v) is 5.70. The summed E-state index contributed by atoms with van der Waals surface area (Å²) >= 11 is 6.39. The molecule has 1 aromatic carbocycles. The van der Waals surface area contributed by atoms with Gasteiger partial charge < -0.3 is 4.42 Å². The zero-order chi connectivity index (χ0) is 13.2. The van der Waals surface area contributed by atoms with Gasteiger partial charge in [0, 0.05) is 5.92 Å². The van der Waals surface area contributed by atoms with E-state index in [0.717, 1.165) is 17.9 Å². The largest absolute Gasteiger partial charge is 0.423 e. The fraction of sp³-hybridized carbons (Fsp3) is 0.467. The summed E-state index contributed by atoms with van der Waals surface area (Å²) in [6, 6.07) is 9.83. The van der Waals surface area contributed by atoms with E-state index in [1.807, 2.05) is 30.3 Å². The molecule has 0 spiro atoms. The molecule has 3 nitrogen and oxygen atoms in total. The van der Waals surface area contributed by atoms with Crippen molar-refractivity contribution in [3.05, 3.63) is 47.7 Å². The Morgan fingerprint density at radius 3 is 2.68 bits per heavy atom. The zero-order valence-corrected chi connectivity index (χ0v) is 11.7. The van der Waals surface area contributed by atoms with Gasteiger partial charge in [0.15, 0.2) is 0 Å². The highest BCUT2D eigenvalue weighted by Gasteiger charge is 2.30. The molecule has 1 aliphatic rings. The normalized spacial score (nSPS) is 24.5. The standard InChI is InChI=1S/C15H17ClN2O/c1-10-6-5-9-12(10)14-17-18-15(19-14)13(16)11-7-3-2-4-8-11/h2-4,7-8,10,12-13H,5-6,9H2,1H3. The number of rotatable bonds is 3. The second-order valence-electron chi connectivity index (χ2n) is 5.27. The van der Waals surface area contributed by atoms with Gasteiger partial charge >= 0.3 is 0 Å². The third-order valence-electron chi connectivity index (χ3n) is 3.94. The highest BCUT2D eigenvalue weighted by atomic mass is 35.5. The quantitative estimate of drug-likeness (QED) is 0.785. The molecule has 2 aromatic rings. The molecule has 0 N–H and O–H groups in total. The Morgan fingerprint density at radius 2 is 2.00 bits per heavy atom. The summed E-state index contributed by atoms with van der Waals surface area (Å²) in [5, 5.41) is 7.96. The minimum atomic E-state index is -0.362. The van der Waals surface area contributed by atoms with Gasteiger partial charge in [-0.05, 0) is 24.3 Å². The van der Waals surface area contributed by atoms with Crippen LogP contribution in [0.3, 0.4) is 0 Å². The van der Waals surface area contributed by atoms with E-state index in [-0.39, 0.29) is 5.38 Å². The van der Waals surface area contributed by atoms with Crippen LogP contribution < -0.4 is 0 Å². The number of hydrogen-bond acceptors (Lipinski definition) is 3. The Labute approximate surface area is 118 Å². The van der Waals surface area contributed by atoms with Crippen LogP contribution in [0.4, 0.5) is 0 Å². The van der Waals surface area contributed by atoms with Gasteiger partial charge in [-0.2, -0.15) is 0 Å². The molecule has 0 aliphatic heterocycles.